The van der Waals surface area contributed by atoms with Gasteiger partial charge in [0.2, 0.25) is 0 Å². The van der Waals surface area contributed by atoms with Gasteiger partial charge >= 0.3 is 18.2 Å². The van der Waals surface area contributed by atoms with E-state index in [2.05, 4.69) is 4.74 Å². The highest BCUT2D eigenvalue weighted by Crippen LogP contribution is 2.16. The molecule has 132 valence electrons. The van der Waals surface area contributed by atoms with Gasteiger partial charge in [0.15, 0.2) is 13.2 Å². The van der Waals surface area contributed by atoms with Gasteiger partial charge in [0.05, 0.1) is 0 Å². The molecule has 0 unspecified atom stereocenters. The monoisotopic (exact) mass is 368 g/mol. The van der Waals surface area contributed by atoms with Crippen LogP contribution in [0.5, 0.6) is 5.75 Å². The smallest absolute Gasteiger partial charge is 0.405 e. The molecule has 2 N–H and O–H groups in total. The minimum absolute atomic E-state index is 0.301. The first kappa shape index (κ1) is 19.6. The lowest BCUT2D eigenvalue weighted by molar-refractivity contribution is -0.150. The predicted molar refractivity (Wildman–Crippen MR) is 75.5 cm³/mol. The SMILES string of the molecule is O=C(COC(=O)COc1cccc(Cl)c1)NC(=O)NCC(F)(F)F. The minimum atomic E-state index is -4.61. The topological polar surface area (TPSA) is 93.7 Å². The molecular formula is C13H12ClF3N2O5. The average Bonchev–Trinajstić information content (AvgIpc) is 2.48. The molecule has 0 aliphatic carbocycles. The van der Waals surface area contributed by atoms with Crippen molar-refractivity contribution in [2.24, 2.45) is 0 Å². The summed E-state index contributed by atoms with van der Waals surface area (Å²) >= 11 is 5.71. The van der Waals surface area contributed by atoms with Crippen LogP contribution in [0.25, 0.3) is 0 Å². The van der Waals surface area contributed by atoms with E-state index in [1.165, 1.54) is 17.4 Å². The molecule has 0 atom stereocenters. The first-order valence-electron chi connectivity index (χ1n) is 6.34. The van der Waals surface area contributed by atoms with E-state index in [1.54, 1.807) is 17.4 Å². The standard InChI is InChI=1S/C13H12ClF3N2O5/c14-8-2-1-3-9(4-8)23-6-11(21)24-5-10(20)19-12(22)18-7-13(15,16)17/h1-4H,5-7H2,(H2,18,19,20,22). The number of carbonyl (C=O) groups is 3. The van der Waals surface area contributed by atoms with E-state index < -0.39 is 43.8 Å². The molecule has 0 aliphatic rings. The number of benzene rings is 1. The van der Waals surface area contributed by atoms with Gasteiger partial charge in [-0.25, -0.2) is 9.59 Å². The molecule has 0 spiro atoms. The van der Waals surface area contributed by atoms with Crippen LogP contribution < -0.4 is 15.4 Å². The summed E-state index contributed by atoms with van der Waals surface area (Å²) in [5, 5.41) is 3.38. The zero-order chi connectivity index (χ0) is 18.2. The predicted octanol–water partition coefficient (Wildman–Crippen LogP) is 1.65. The van der Waals surface area contributed by atoms with Crippen LogP contribution in [0.2, 0.25) is 5.02 Å². The molecule has 0 radical (unpaired) electrons. The van der Waals surface area contributed by atoms with Crippen molar-refractivity contribution in [2.75, 3.05) is 19.8 Å². The van der Waals surface area contributed by atoms with Gasteiger partial charge in [0.1, 0.15) is 12.3 Å². The Morgan fingerprint density at radius 1 is 1.17 bits per heavy atom. The Kier molecular flexibility index (Phi) is 7.31. The summed E-state index contributed by atoms with van der Waals surface area (Å²) < 4.78 is 45.0. The molecule has 0 aliphatic heterocycles. The highest BCUT2D eigenvalue weighted by molar-refractivity contribution is 6.30. The molecule has 1 aromatic carbocycles. The van der Waals surface area contributed by atoms with Crippen molar-refractivity contribution in [1.29, 1.82) is 0 Å². The van der Waals surface area contributed by atoms with Crippen LogP contribution in [0.1, 0.15) is 0 Å². The van der Waals surface area contributed by atoms with E-state index >= 15 is 0 Å². The molecule has 1 aromatic rings. The number of hydrogen-bond donors (Lipinski definition) is 2. The van der Waals surface area contributed by atoms with Crippen molar-refractivity contribution in [3.8, 4) is 5.75 Å². The summed E-state index contributed by atoms with van der Waals surface area (Å²) in [6.45, 7) is -2.97. The molecule has 0 heterocycles. The summed E-state index contributed by atoms with van der Waals surface area (Å²) in [4.78, 5) is 33.5. The van der Waals surface area contributed by atoms with Gasteiger partial charge in [0, 0.05) is 5.02 Å². The third-order valence-electron chi connectivity index (χ3n) is 2.22. The van der Waals surface area contributed by atoms with Crippen molar-refractivity contribution in [2.45, 2.75) is 6.18 Å². The second-order valence-corrected chi connectivity index (χ2v) is 4.69. The van der Waals surface area contributed by atoms with Gasteiger partial charge in [-0.1, -0.05) is 17.7 Å². The number of alkyl halides is 3. The van der Waals surface area contributed by atoms with E-state index in [9.17, 15) is 27.6 Å². The fourth-order valence-corrected chi connectivity index (χ4v) is 1.45. The van der Waals surface area contributed by atoms with Gasteiger partial charge in [0.25, 0.3) is 5.91 Å². The zero-order valence-electron chi connectivity index (χ0n) is 12.0. The maximum Gasteiger partial charge on any atom is 0.405 e. The fourth-order valence-electron chi connectivity index (χ4n) is 1.27. The van der Waals surface area contributed by atoms with E-state index in [4.69, 9.17) is 16.3 Å². The molecule has 0 fully saturated rings. The molecule has 0 saturated heterocycles. The molecule has 3 amide bonds. The number of nitrogens with one attached hydrogen (secondary N) is 2. The Morgan fingerprint density at radius 3 is 2.50 bits per heavy atom. The van der Waals surface area contributed by atoms with E-state index in [0.29, 0.717) is 10.8 Å². The van der Waals surface area contributed by atoms with E-state index in [-0.39, 0.29) is 0 Å². The first-order valence-corrected chi connectivity index (χ1v) is 6.72. The van der Waals surface area contributed by atoms with Crippen LogP contribution in [0, 0.1) is 0 Å². The second kappa shape index (κ2) is 8.96. The average molecular weight is 369 g/mol. The number of ether oxygens (including phenoxy) is 2. The molecular weight excluding hydrogens is 357 g/mol. The van der Waals surface area contributed by atoms with Crippen molar-refractivity contribution >= 4 is 29.5 Å². The number of esters is 1. The number of urea groups is 1. The third-order valence-corrected chi connectivity index (χ3v) is 2.45. The van der Waals surface area contributed by atoms with Gasteiger partial charge in [-0.15, -0.1) is 0 Å². The van der Waals surface area contributed by atoms with Gasteiger partial charge in [-0.2, -0.15) is 13.2 Å². The van der Waals surface area contributed by atoms with Gasteiger partial charge in [-0.05, 0) is 18.2 Å². The normalized spacial score (nSPS) is 10.7. The number of halogens is 4. The van der Waals surface area contributed by atoms with Crippen LogP contribution >= 0.6 is 11.6 Å². The van der Waals surface area contributed by atoms with Crippen LogP contribution in [-0.2, 0) is 14.3 Å². The quantitative estimate of drug-likeness (QED) is 0.745. The van der Waals surface area contributed by atoms with Crippen molar-refractivity contribution < 1.29 is 37.0 Å². The van der Waals surface area contributed by atoms with Crippen LogP contribution in [0.15, 0.2) is 24.3 Å². The van der Waals surface area contributed by atoms with Crippen molar-refractivity contribution in [3.05, 3.63) is 29.3 Å². The number of carbonyl (C=O) groups excluding carboxylic acids is 3. The van der Waals surface area contributed by atoms with Crippen LogP contribution in [0.4, 0.5) is 18.0 Å². The van der Waals surface area contributed by atoms with Crippen molar-refractivity contribution in [1.82, 2.24) is 10.6 Å². The number of imide groups is 1. The summed E-state index contributed by atoms with van der Waals surface area (Å²) in [6, 6.07) is 4.82. The Bertz CT molecular complexity index is 610. The lowest BCUT2D eigenvalue weighted by Crippen LogP contribution is -2.44. The maximum absolute atomic E-state index is 11.8. The third kappa shape index (κ3) is 8.83. The van der Waals surface area contributed by atoms with E-state index in [0.717, 1.165) is 0 Å². The van der Waals surface area contributed by atoms with E-state index in [1.807, 2.05) is 0 Å². The van der Waals surface area contributed by atoms with Crippen molar-refractivity contribution in [3.63, 3.8) is 0 Å². The summed E-state index contributed by atoms with van der Waals surface area (Å²) in [5.74, 6) is -1.71. The largest absolute Gasteiger partial charge is 0.482 e. The van der Waals surface area contributed by atoms with Crippen LogP contribution in [-0.4, -0.2) is 43.8 Å². The first-order chi connectivity index (χ1) is 11.2. The molecule has 0 aromatic heterocycles. The minimum Gasteiger partial charge on any atom is -0.482 e. The lowest BCUT2D eigenvalue weighted by Gasteiger charge is -2.09. The highest BCUT2D eigenvalue weighted by Gasteiger charge is 2.28. The molecule has 0 saturated carbocycles. The lowest BCUT2D eigenvalue weighted by atomic mass is 10.3. The Hall–Kier alpha value is -2.49. The molecule has 11 heteroatoms. The summed E-state index contributed by atoms with van der Waals surface area (Å²) in [7, 11) is 0. The van der Waals surface area contributed by atoms with Gasteiger partial charge < -0.3 is 14.8 Å². The zero-order valence-corrected chi connectivity index (χ0v) is 12.7. The number of rotatable bonds is 6. The molecule has 24 heavy (non-hydrogen) atoms. The maximum atomic E-state index is 11.8. The van der Waals surface area contributed by atoms with Gasteiger partial charge in [-0.3, -0.25) is 10.1 Å². The fraction of sp³-hybridized carbons (Fsp3) is 0.308. The Morgan fingerprint density at radius 2 is 1.88 bits per heavy atom. The summed E-state index contributed by atoms with van der Waals surface area (Å²) in [6.07, 6.45) is -4.61. The second-order valence-electron chi connectivity index (χ2n) is 4.25. The Balaban J connectivity index is 2.23. The van der Waals surface area contributed by atoms with Crippen LogP contribution in [0.3, 0.4) is 0 Å². The number of hydrogen-bond acceptors (Lipinski definition) is 5. The molecule has 0 bridgehead atoms. The molecule has 7 nitrogen and oxygen atoms in total. The number of amides is 3. The molecule has 1 rings (SSSR count). The Labute approximate surface area is 139 Å². The highest BCUT2D eigenvalue weighted by atomic mass is 35.5. The summed E-state index contributed by atoms with van der Waals surface area (Å²) in [5.41, 5.74) is 0.